The van der Waals surface area contributed by atoms with E-state index in [0.717, 1.165) is 5.69 Å². The lowest BCUT2D eigenvalue weighted by atomic mass is 9.95. The van der Waals surface area contributed by atoms with E-state index >= 15 is 0 Å². The largest absolute Gasteiger partial charge is 0.370 e. The third kappa shape index (κ3) is 5.77. The van der Waals surface area contributed by atoms with Crippen molar-refractivity contribution in [2.45, 2.75) is 26.8 Å². The number of likely N-dealkylation sites (N-methyl/N-ethyl adjacent to an activating group) is 1. The molecule has 1 aliphatic heterocycles. The number of ether oxygens (including phenoxy) is 1. The molecule has 1 aromatic carbocycles. The molecular formula is C19H28N4O4. The molecule has 0 aliphatic carbocycles. The lowest BCUT2D eigenvalue weighted by molar-refractivity contribution is -0.132. The molecule has 0 saturated carbocycles. The molecule has 3 amide bonds. The Balaban J connectivity index is 2.06. The van der Waals surface area contributed by atoms with Gasteiger partial charge in [0, 0.05) is 24.5 Å². The topological polar surface area (TPSA) is 105 Å². The number of nitrogens with two attached hydrogens (primary N) is 1. The number of nitrogens with zero attached hydrogens (tertiary/aromatic N) is 2. The van der Waals surface area contributed by atoms with E-state index in [1.54, 1.807) is 41.1 Å². The lowest BCUT2D eigenvalue weighted by Crippen LogP contribution is -2.52. The van der Waals surface area contributed by atoms with E-state index in [2.05, 4.69) is 5.32 Å². The maximum Gasteiger partial charge on any atom is 0.253 e. The molecule has 3 N–H and O–H groups in total. The number of primary amides is 1. The molecule has 0 aromatic heterocycles. The molecule has 1 aromatic rings. The van der Waals surface area contributed by atoms with Crippen LogP contribution in [0.2, 0.25) is 0 Å². The number of benzene rings is 1. The maximum absolute atomic E-state index is 12.6. The number of rotatable bonds is 6. The molecule has 8 nitrogen and oxygen atoms in total. The predicted octanol–water partition coefficient (Wildman–Crippen LogP) is 0.820. The van der Waals surface area contributed by atoms with Gasteiger partial charge in [-0.15, -0.1) is 0 Å². The van der Waals surface area contributed by atoms with E-state index < -0.39 is 17.9 Å². The Hall–Kier alpha value is -2.45. The number of morpholine rings is 1. The maximum atomic E-state index is 12.6. The Labute approximate surface area is 159 Å². The molecule has 0 unspecified atom stereocenters. The van der Waals surface area contributed by atoms with Gasteiger partial charge < -0.3 is 20.7 Å². The van der Waals surface area contributed by atoms with Crippen LogP contribution in [0.25, 0.3) is 0 Å². The number of hydrogen-bond donors (Lipinski definition) is 2. The smallest absolute Gasteiger partial charge is 0.253 e. The van der Waals surface area contributed by atoms with Crippen molar-refractivity contribution < 1.29 is 19.1 Å². The molecule has 0 bridgehead atoms. The van der Waals surface area contributed by atoms with Crippen molar-refractivity contribution in [3.8, 4) is 0 Å². The van der Waals surface area contributed by atoms with Crippen molar-refractivity contribution in [1.82, 2.24) is 4.90 Å². The van der Waals surface area contributed by atoms with Crippen molar-refractivity contribution in [1.29, 1.82) is 0 Å². The SMILES string of the molecule is CN(CC(C)(C)C)[C@H](C(N)=O)C(=O)Nc1ccc(N2CCOCC2=O)cc1. The molecule has 1 heterocycles. The quantitative estimate of drug-likeness (QED) is 0.715. The summed E-state index contributed by atoms with van der Waals surface area (Å²) >= 11 is 0. The van der Waals surface area contributed by atoms with E-state index in [0.29, 0.717) is 25.4 Å². The van der Waals surface area contributed by atoms with Gasteiger partial charge in [0.1, 0.15) is 6.61 Å². The van der Waals surface area contributed by atoms with E-state index in [-0.39, 0.29) is 17.9 Å². The van der Waals surface area contributed by atoms with Gasteiger partial charge in [-0.2, -0.15) is 0 Å². The minimum Gasteiger partial charge on any atom is -0.370 e. The van der Waals surface area contributed by atoms with Gasteiger partial charge in [0.15, 0.2) is 6.04 Å². The zero-order chi connectivity index (χ0) is 20.2. The average molecular weight is 376 g/mol. The second kappa shape index (κ2) is 8.49. The number of anilines is 2. The number of nitrogens with one attached hydrogen (secondary N) is 1. The Bertz CT molecular complexity index is 697. The van der Waals surface area contributed by atoms with Gasteiger partial charge >= 0.3 is 0 Å². The standard InChI is InChI=1S/C19H28N4O4/c1-19(2,3)12-22(4)16(17(20)25)18(26)21-13-5-7-14(8-6-13)23-9-10-27-11-15(23)24/h5-8,16H,9-12H2,1-4H3,(H2,20,25)(H,21,26)/t16-/m1/s1. The molecule has 2 rings (SSSR count). The average Bonchev–Trinajstić information content (AvgIpc) is 2.54. The summed E-state index contributed by atoms with van der Waals surface area (Å²) in [6, 6.07) is 5.81. The summed E-state index contributed by atoms with van der Waals surface area (Å²) in [6.07, 6.45) is 0. The first-order valence-corrected chi connectivity index (χ1v) is 8.87. The van der Waals surface area contributed by atoms with Gasteiger partial charge in [0.05, 0.1) is 6.61 Å². The van der Waals surface area contributed by atoms with Crippen LogP contribution < -0.4 is 16.0 Å². The Morgan fingerprint density at radius 2 is 1.93 bits per heavy atom. The number of carbonyl (C=O) groups excluding carboxylic acids is 3. The summed E-state index contributed by atoms with van der Waals surface area (Å²) in [4.78, 5) is 39.6. The summed E-state index contributed by atoms with van der Waals surface area (Å²) in [5, 5.41) is 2.72. The second-order valence-corrected chi connectivity index (χ2v) is 7.91. The summed E-state index contributed by atoms with van der Waals surface area (Å²) in [5.74, 6) is -1.28. The van der Waals surface area contributed by atoms with Crippen molar-refractivity contribution in [2.75, 3.05) is 43.6 Å². The second-order valence-electron chi connectivity index (χ2n) is 7.91. The lowest BCUT2D eigenvalue weighted by Gasteiger charge is -2.30. The summed E-state index contributed by atoms with van der Waals surface area (Å²) in [5.41, 5.74) is 6.62. The Morgan fingerprint density at radius 1 is 1.30 bits per heavy atom. The van der Waals surface area contributed by atoms with Crippen molar-refractivity contribution in [3.63, 3.8) is 0 Å². The number of amides is 3. The van der Waals surface area contributed by atoms with Crippen LogP contribution in [0.4, 0.5) is 11.4 Å². The highest BCUT2D eigenvalue weighted by molar-refractivity contribution is 6.09. The predicted molar refractivity (Wildman–Crippen MR) is 103 cm³/mol. The third-order valence-electron chi connectivity index (χ3n) is 4.11. The van der Waals surface area contributed by atoms with E-state index in [9.17, 15) is 14.4 Å². The highest BCUT2D eigenvalue weighted by Gasteiger charge is 2.31. The highest BCUT2D eigenvalue weighted by Crippen LogP contribution is 2.21. The van der Waals surface area contributed by atoms with Gasteiger partial charge in [-0.3, -0.25) is 19.3 Å². The van der Waals surface area contributed by atoms with Crippen molar-refractivity contribution in [3.05, 3.63) is 24.3 Å². The van der Waals surface area contributed by atoms with Crippen LogP contribution in [0.1, 0.15) is 20.8 Å². The Kier molecular flexibility index (Phi) is 6.56. The summed E-state index contributed by atoms with van der Waals surface area (Å²) in [7, 11) is 1.70. The zero-order valence-corrected chi connectivity index (χ0v) is 16.3. The molecule has 1 saturated heterocycles. The highest BCUT2D eigenvalue weighted by atomic mass is 16.5. The molecular weight excluding hydrogens is 348 g/mol. The molecule has 27 heavy (non-hydrogen) atoms. The molecule has 8 heteroatoms. The van der Waals surface area contributed by atoms with Crippen LogP contribution in [0.5, 0.6) is 0 Å². The zero-order valence-electron chi connectivity index (χ0n) is 16.3. The Morgan fingerprint density at radius 3 is 2.44 bits per heavy atom. The van der Waals surface area contributed by atoms with Gasteiger partial charge in [-0.25, -0.2) is 0 Å². The molecule has 0 spiro atoms. The van der Waals surface area contributed by atoms with E-state index in [4.69, 9.17) is 10.5 Å². The van der Waals surface area contributed by atoms with Crippen LogP contribution in [-0.2, 0) is 19.1 Å². The van der Waals surface area contributed by atoms with Gasteiger partial charge in [0.25, 0.3) is 11.8 Å². The number of hydrogen-bond acceptors (Lipinski definition) is 5. The first-order chi connectivity index (χ1) is 12.6. The van der Waals surface area contributed by atoms with Crippen LogP contribution >= 0.6 is 0 Å². The molecule has 1 aliphatic rings. The van der Waals surface area contributed by atoms with Crippen molar-refractivity contribution >= 4 is 29.1 Å². The first-order valence-electron chi connectivity index (χ1n) is 8.87. The normalized spacial score (nSPS) is 16.3. The summed E-state index contributed by atoms with van der Waals surface area (Å²) in [6.45, 7) is 7.64. The minimum atomic E-state index is -1.07. The van der Waals surface area contributed by atoms with Gasteiger partial charge in [0.2, 0.25) is 5.91 Å². The van der Waals surface area contributed by atoms with Gasteiger partial charge in [-0.1, -0.05) is 20.8 Å². The van der Waals surface area contributed by atoms with Crippen LogP contribution in [0, 0.1) is 5.41 Å². The first kappa shape index (κ1) is 20.9. The van der Waals surface area contributed by atoms with Crippen LogP contribution in [0.15, 0.2) is 24.3 Å². The molecule has 1 atom stereocenters. The monoisotopic (exact) mass is 376 g/mol. The van der Waals surface area contributed by atoms with Crippen LogP contribution in [-0.4, -0.2) is 62.0 Å². The number of carbonyl (C=O) groups is 3. The third-order valence-corrected chi connectivity index (χ3v) is 4.11. The fourth-order valence-electron chi connectivity index (χ4n) is 3.11. The fraction of sp³-hybridized carbons (Fsp3) is 0.526. The van der Waals surface area contributed by atoms with E-state index in [1.165, 1.54) is 0 Å². The molecule has 1 fully saturated rings. The van der Waals surface area contributed by atoms with Crippen molar-refractivity contribution in [2.24, 2.45) is 11.1 Å². The van der Waals surface area contributed by atoms with E-state index in [1.807, 2.05) is 20.8 Å². The fourth-order valence-corrected chi connectivity index (χ4v) is 3.11. The van der Waals surface area contributed by atoms with Crippen LogP contribution in [0.3, 0.4) is 0 Å². The minimum absolute atomic E-state index is 0.0683. The molecule has 148 valence electrons. The van der Waals surface area contributed by atoms with Gasteiger partial charge in [-0.05, 0) is 36.7 Å². The molecule has 0 radical (unpaired) electrons. The summed E-state index contributed by atoms with van der Waals surface area (Å²) < 4.78 is 5.12.